The van der Waals surface area contributed by atoms with Crippen molar-refractivity contribution in [1.82, 2.24) is 5.32 Å². The van der Waals surface area contributed by atoms with Crippen LogP contribution in [0.5, 0.6) is 0 Å². The molecule has 2 rings (SSSR count). The zero-order valence-corrected chi connectivity index (χ0v) is 12.7. The predicted octanol–water partition coefficient (Wildman–Crippen LogP) is 2.28. The lowest BCUT2D eigenvalue weighted by Crippen LogP contribution is -2.29. The molecule has 0 radical (unpaired) electrons. The van der Waals surface area contributed by atoms with Gasteiger partial charge in [0.15, 0.2) is 0 Å². The average Bonchev–Trinajstić information content (AvgIpc) is 3.26. The predicted molar refractivity (Wildman–Crippen MR) is 84.3 cm³/mol. The highest BCUT2D eigenvalue weighted by atomic mass is 16.2. The molecular weight excluding hydrogens is 266 g/mol. The van der Waals surface area contributed by atoms with Crippen LogP contribution in [-0.4, -0.2) is 24.9 Å². The molecule has 1 aliphatic carbocycles. The van der Waals surface area contributed by atoms with Gasteiger partial charge in [-0.15, -0.1) is 0 Å². The minimum Gasteiger partial charge on any atom is -0.326 e. The van der Waals surface area contributed by atoms with E-state index in [1.807, 2.05) is 19.1 Å². The van der Waals surface area contributed by atoms with E-state index < -0.39 is 0 Å². The topological polar surface area (TPSA) is 70.2 Å². The molecule has 0 atom stereocenters. The Labute approximate surface area is 125 Å². The van der Waals surface area contributed by atoms with Gasteiger partial charge in [0.25, 0.3) is 0 Å². The van der Waals surface area contributed by atoms with Crippen LogP contribution < -0.4 is 16.0 Å². The first-order valence-corrected chi connectivity index (χ1v) is 7.49. The molecule has 1 aliphatic rings. The van der Waals surface area contributed by atoms with Crippen LogP contribution in [0.3, 0.4) is 0 Å². The molecule has 0 aliphatic heterocycles. The zero-order valence-electron chi connectivity index (χ0n) is 12.7. The smallest absolute Gasteiger partial charge is 0.238 e. The number of benzene rings is 1. The molecular formula is C16H23N3O2. The Kier molecular flexibility index (Phi) is 5.33. The molecule has 0 heterocycles. The number of carbonyl (C=O) groups is 2. The second-order valence-electron chi connectivity index (χ2n) is 5.55. The number of amides is 2. The number of rotatable bonds is 7. The summed E-state index contributed by atoms with van der Waals surface area (Å²) in [5.74, 6) is 0.659. The number of hydrogen-bond acceptors (Lipinski definition) is 3. The maximum absolute atomic E-state index is 11.9. The molecule has 21 heavy (non-hydrogen) atoms. The molecule has 1 fully saturated rings. The van der Waals surface area contributed by atoms with Crippen molar-refractivity contribution in [2.45, 2.75) is 33.1 Å². The number of nitrogens with one attached hydrogen (secondary N) is 3. The third-order valence-corrected chi connectivity index (χ3v) is 3.53. The Bertz CT molecular complexity index is 524. The molecule has 2 amide bonds. The van der Waals surface area contributed by atoms with Crippen LogP contribution in [0.2, 0.25) is 0 Å². The van der Waals surface area contributed by atoms with Crippen LogP contribution in [0, 0.1) is 12.8 Å². The highest BCUT2D eigenvalue weighted by Gasteiger charge is 2.20. The number of anilines is 2. The molecule has 5 nitrogen and oxygen atoms in total. The fourth-order valence-electron chi connectivity index (χ4n) is 1.99. The summed E-state index contributed by atoms with van der Waals surface area (Å²) in [6.07, 6.45) is 2.97. The summed E-state index contributed by atoms with van der Waals surface area (Å²) in [5, 5.41) is 8.84. The van der Waals surface area contributed by atoms with Crippen molar-refractivity contribution in [3.05, 3.63) is 23.8 Å². The highest BCUT2D eigenvalue weighted by Crippen LogP contribution is 2.27. The molecule has 0 spiro atoms. The summed E-state index contributed by atoms with van der Waals surface area (Å²) in [4.78, 5) is 23.3. The molecule has 1 saturated carbocycles. The maximum Gasteiger partial charge on any atom is 0.238 e. The van der Waals surface area contributed by atoms with E-state index in [1.165, 1.54) is 12.8 Å². The van der Waals surface area contributed by atoms with E-state index in [2.05, 4.69) is 16.0 Å². The van der Waals surface area contributed by atoms with E-state index >= 15 is 0 Å². The molecule has 3 N–H and O–H groups in total. The number of hydrogen-bond donors (Lipinski definition) is 3. The molecule has 0 bridgehead atoms. The van der Waals surface area contributed by atoms with E-state index in [4.69, 9.17) is 0 Å². The molecule has 0 aromatic heterocycles. The normalized spacial score (nSPS) is 13.8. The van der Waals surface area contributed by atoms with Crippen molar-refractivity contribution in [3.63, 3.8) is 0 Å². The van der Waals surface area contributed by atoms with Crippen LogP contribution in [0.15, 0.2) is 18.2 Å². The Morgan fingerprint density at radius 3 is 2.62 bits per heavy atom. The van der Waals surface area contributed by atoms with E-state index in [1.54, 1.807) is 13.0 Å². The van der Waals surface area contributed by atoms with Crippen LogP contribution >= 0.6 is 0 Å². The molecule has 1 aromatic rings. The average molecular weight is 289 g/mol. The summed E-state index contributed by atoms with van der Waals surface area (Å²) >= 11 is 0. The zero-order chi connectivity index (χ0) is 15.2. The number of aryl methyl sites for hydroxylation is 1. The lowest BCUT2D eigenvalue weighted by Gasteiger charge is -2.11. The van der Waals surface area contributed by atoms with Gasteiger partial charge in [-0.3, -0.25) is 9.59 Å². The Balaban J connectivity index is 1.89. The summed E-state index contributed by atoms with van der Waals surface area (Å²) in [7, 11) is 0. The van der Waals surface area contributed by atoms with Crippen LogP contribution in [0.25, 0.3) is 0 Å². The van der Waals surface area contributed by atoms with E-state index in [0.717, 1.165) is 23.7 Å². The van der Waals surface area contributed by atoms with Gasteiger partial charge in [0.1, 0.15) is 0 Å². The first-order valence-electron chi connectivity index (χ1n) is 7.49. The van der Waals surface area contributed by atoms with Crippen molar-refractivity contribution in [3.8, 4) is 0 Å². The van der Waals surface area contributed by atoms with Crippen molar-refractivity contribution in [2.75, 3.05) is 23.7 Å². The van der Waals surface area contributed by atoms with E-state index in [9.17, 15) is 9.59 Å². The fraction of sp³-hybridized carbons (Fsp3) is 0.500. The second-order valence-corrected chi connectivity index (χ2v) is 5.55. The van der Waals surface area contributed by atoms with Crippen LogP contribution in [0.4, 0.5) is 11.4 Å². The molecule has 5 heteroatoms. The van der Waals surface area contributed by atoms with E-state index in [-0.39, 0.29) is 11.8 Å². The van der Waals surface area contributed by atoms with Gasteiger partial charge in [0, 0.05) is 17.8 Å². The van der Waals surface area contributed by atoms with Gasteiger partial charge in [-0.2, -0.15) is 0 Å². The second kappa shape index (κ2) is 7.22. The number of carbonyl (C=O) groups excluding carboxylic acids is 2. The van der Waals surface area contributed by atoms with Gasteiger partial charge in [0.2, 0.25) is 11.8 Å². The first-order chi connectivity index (χ1) is 10.1. The maximum atomic E-state index is 11.9. The summed E-state index contributed by atoms with van der Waals surface area (Å²) in [5.41, 5.74) is 2.41. The van der Waals surface area contributed by atoms with Crippen molar-refractivity contribution in [2.24, 2.45) is 5.92 Å². The van der Waals surface area contributed by atoms with Crippen LogP contribution in [-0.2, 0) is 9.59 Å². The fourth-order valence-corrected chi connectivity index (χ4v) is 1.99. The van der Waals surface area contributed by atoms with Gasteiger partial charge in [-0.25, -0.2) is 0 Å². The molecule has 0 unspecified atom stereocenters. The van der Waals surface area contributed by atoms with Crippen molar-refractivity contribution < 1.29 is 9.59 Å². The molecule has 114 valence electrons. The van der Waals surface area contributed by atoms with Gasteiger partial charge >= 0.3 is 0 Å². The quantitative estimate of drug-likeness (QED) is 0.721. The van der Waals surface area contributed by atoms with Crippen molar-refractivity contribution in [1.29, 1.82) is 0 Å². The summed E-state index contributed by atoms with van der Waals surface area (Å²) < 4.78 is 0. The van der Waals surface area contributed by atoms with E-state index in [0.29, 0.717) is 18.7 Å². The van der Waals surface area contributed by atoms with Crippen LogP contribution in [0.1, 0.15) is 31.7 Å². The lowest BCUT2D eigenvalue weighted by molar-refractivity contribution is -0.116. The summed E-state index contributed by atoms with van der Waals surface area (Å²) in [6.45, 7) is 4.97. The van der Waals surface area contributed by atoms with Gasteiger partial charge in [0.05, 0.1) is 6.54 Å². The SMILES string of the molecule is CCC(=O)Nc1ccc(C)c(NC(=O)CNCC2CC2)c1. The minimum atomic E-state index is -0.0577. The largest absolute Gasteiger partial charge is 0.326 e. The molecule has 0 saturated heterocycles. The lowest BCUT2D eigenvalue weighted by atomic mass is 10.1. The third kappa shape index (κ3) is 5.19. The Morgan fingerprint density at radius 2 is 1.95 bits per heavy atom. The third-order valence-electron chi connectivity index (χ3n) is 3.53. The monoisotopic (exact) mass is 289 g/mol. The summed E-state index contributed by atoms with van der Waals surface area (Å²) in [6, 6.07) is 5.52. The van der Waals surface area contributed by atoms with Gasteiger partial charge in [-0.1, -0.05) is 13.0 Å². The highest BCUT2D eigenvalue weighted by molar-refractivity contribution is 5.95. The Hall–Kier alpha value is -1.88. The molecule has 1 aromatic carbocycles. The van der Waals surface area contributed by atoms with Crippen molar-refractivity contribution >= 4 is 23.2 Å². The van der Waals surface area contributed by atoms with Gasteiger partial charge < -0.3 is 16.0 Å². The standard InChI is InChI=1S/C16H23N3O2/c1-3-15(20)18-13-7-4-11(2)14(8-13)19-16(21)10-17-9-12-5-6-12/h4,7-8,12,17H,3,5-6,9-10H2,1-2H3,(H,18,20)(H,19,21). The Morgan fingerprint density at radius 1 is 1.19 bits per heavy atom. The minimum absolute atomic E-state index is 0.0396. The first kappa shape index (κ1) is 15.5. The van der Waals surface area contributed by atoms with Gasteiger partial charge in [-0.05, 0) is 49.9 Å².